The van der Waals surface area contributed by atoms with Gasteiger partial charge in [-0.3, -0.25) is 5.32 Å². The van der Waals surface area contributed by atoms with Crippen molar-refractivity contribution in [3.63, 3.8) is 0 Å². The fourth-order valence-corrected chi connectivity index (χ4v) is 0.944. The van der Waals surface area contributed by atoms with Crippen molar-refractivity contribution in [2.24, 2.45) is 0 Å². The number of hydrogen-bond donors (Lipinski definition) is 1. The number of nitrogens with one attached hydrogen (secondary N) is 1. The van der Waals surface area contributed by atoms with Crippen LogP contribution in [0.2, 0.25) is 0 Å². The Hall–Kier alpha value is -2.26. The molecule has 0 radical (unpaired) electrons. The molecule has 0 aliphatic heterocycles. The van der Waals surface area contributed by atoms with Crippen molar-refractivity contribution >= 4 is 12.0 Å². The number of ether oxygens (including phenoxy) is 3. The zero-order chi connectivity index (χ0) is 14.5. The van der Waals surface area contributed by atoms with E-state index >= 15 is 0 Å². The minimum absolute atomic E-state index is 0.0676. The van der Waals surface area contributed by atoms with E-state index in [2.05, 4.69) is 14.7 Å². The van der Waals surface area contributed by atoms with Gasteiger partial charge in [0, 0.05) is 0 Å². The first-order valence-electron chi connectivity index (χ1n) is 4.81. The van der Waals surface area contributed by atoms with Gasteiger partial charge < -0.3 is 14.2 Å². The Morgan fingerprint density at radius 2 is 1.79 bits per heavy atom. The summed E-state index contributed by atoms with van der Waals surface area (Å²) >= 11 is 0. The predicted octanol–water partition coefficient (Wildman–Crippen LogP) is 1.60. The normalized spacial score (nSPS) is 10.8. The molecule has 0 atom stereocenters. The van der Waals surface area contributed by atoms with Gasteiger partial charge in [-0.1, -0.05) is 0 Å². The number of hydrogen-bond acceptors (Lipinski definition) is 6. The van der Waals surface area contributed by atoms with Crippen LogP contribution in [0.25, 0.3) is 0 Å². The van der Waals surface area contributed by atoms with E-state index in [4.69, 9.17) is 9.47 Å². The Bertz CT molecular complexity index is 431. The fourth-order valence-electron chi connectivity index (χ4n) is 0.944. The quantitative estimate of drug-likeness (QED) is 0.902. The summed E-state index contributed by atoms with van der Waals surface area (Å²) in [6, 6.07) is 1.33. The van der Waals surface area contributed by atoms with Gasteiger partial charge in [0.05, 0.1) is 20.3 Å². The minimum Gasteiger partial charge on any atom is -0.481 e. The molecule has 19 heavy (non-hydrogen) atoms. The van der Waals surface area contributed by atoms with Crippen molar-refractivity contribution in [2.75, 3.05) is 26.1 Å². The second-order valence-corrected chi connectivity index (χ2v) is 3.09. The van der Waals surface area contributed by atoms with Gasteiger partial charge in [-0.25, -0.2) is 4.79 Å². The Morgan fingerprint density at radius 1 is 1.26 bits per heavy atom. The Morgan fingerprint density at radius 3 is 2.21 bits per heavy atom. The molecule has 0 fully saturated rings. The molecule has 1 aromatic rings. The van der Waals surface area contributed by atoms with Gasteiger partial charge >= 0.3 is 12.3 Å². The van der Waals surface area contributed by atoms with E-state index < -0.39 is 18.9 Å². The molecular weight excluding hydrogens is 271 g/mol. The van der Waals surface area contributed by atoms with Crippen LogP contribution in [-0.2, 0) is 4.74 Å². The number of halogens is 3. The number of rotatable bonds is 4. The summed E-state index contributed by atoms with van der Waals surface area (Å²) in [4.78, 5) is 18.4. The van der Waals surface area contributed by atoms with E-state index in [1.165, 1.54) is 20.3 Å². The van der Waals surface area contributed by atoms with Crippen LogP contribution in [0.5, 0.6) is 11.8 Å². The maximum absolute atomic E-state index is 11.8. The van der Waals surface area contributed by atoms with Crippen LogP contribution in [-0.4, -0.2) is 43.1 Å². The number of anilines is 1. The highest BCUT2D eigenvalue weighted by molar-refractivity contribution is 5.82. The van der Waals surface area contributed by atoms with Crippen molar-refractivity contribution < 1.29 is 32.2 Å². The van der Waals surface area contributed by atoms with Gasteiger partial charge in [0.15, 0.2) is 6.61 Å². The molecule has 0 aromatic carbocycles. The van der Waals surface area contributed by atoms with Crippen molar-refractivity contribution in [3.8, 4) is 11.8 Å². The molecule has 0 unspecified atom stereocenters. The fraction of sp³-hybridized carbons (Fsp3) is 0.444. The van der Waals surface area contributed by atoms with Gasteiger partial charge in [-0.2, -0.15) is 23.1 Å². The number of aromatic nitrogens is 2. The van der Waals surface area contributed by atoms with Crippen molar-refractivity contribution in [3.05, 3.63) is 6.07 Å². The molecule has 0 aliphatic rings. The standard InChI is InChI=1S/C9H10F3N3O4/c1-17-5-3-6(18-2)14-7(13-5)15-8(16)19-4-9(10,11)12/h3H,4H2,1-2H3,(H,13,14,15,16). The monoisotopic (exact) mass is 281 g/mol. The topological polar surface area (TPSA) is 82.6 Å². The Labute approximate surface area is 105 Å². The molecule has 1 rings (SSSR count). The third kappa shape index (κ3) is 5.27. The van der Waals surface area contributed by atoms with Gasteiger partial charge in [-0.05, 0) is 0 Å². The van der Waals surface area contributed by atoms with Gasteiger partial charge in [0.25, 0.3) is 0 Å². The predicted molar refractivity (Wildman–Crippen MR) is 56.2 cm³/mol. The molecule has 1 heterocycles. The number of alkyl halides is 3. The second-order valence-electron chi connectivity index (χ2n) is 3.09. The lowest BCUT2D eigenvalue weighted by atomic mass is 10.6. The van der Waals surface area contributed by atoms with E-state index in [1.807, 2.05) is 5.32 Å². The zero-order valence-electron chi connectivity index (χ0n) is 9.95. The molecule has 0 saturated heterocycles. The highest BCUT2D eigenvalue weighted by atomic mass is 19.4. The van der Waals surface area contributed by atoms with Crippen LogP contribution in [0.3, 0.4) is 0 Å². The minimum atomic E-state index is -4.61. The molecule has 0 spiro atoms. The summed E-state index contributed by atoms with van der Waals surface area (Å²) in [5, 5.41) is 1.92. The van der Waals surface area contributed by atoms with Crippen molar-refractivity contribution in [1.82, 2.24) is 9.97 Å². The molecule has 1 amide bonds. The first-order chi connectivity index (χ1) is 8.84. The van der Waals surface area contributed by atoms with Crippen LogP contribution in [0, 0.1) is 0 Å². The lowest BCUT2D eigenvalue weighted by Crippen LogP contribution is -2.24. The van der Waals surface area contributed by atoms with Gasteiger partial charge in [0.2, 0.25) is 17.7 Å². The molecule has 7 nitrogen and oxygen atoms in total. The van der Waals surface area contributed by atoms with E-state index in [9.17, 15) is 18.0 Å². The molecule has 1 aromatic heterocycles. The van der Waals surface area contributed by atoms with Crippen LogP contribution >= 0.6 is 0 Å². The largest absolute Gasteiger partial charge is 0.481 e. The molecule has 1 N–H and O–H groups in total. The lowest BCUT2D eigenvalue weighted by Gasteiger charge is -2.09. The average molecular weight is 281 g/mol. The lowest BCUT2D eigenvalue weighted by molar-refractivity contribution is -0.159. The molecule has 10 heteroatoms. The molecule has 0 saturated carbocycles. The summed E-state index contributed by atoms with van der Waals surface area (Å²) in [5.74, 6) is -0.167. The van der Waals surface area contributed by atoms with Crippen LogP contribution in [0.1, 0.15) is 0 Å². The van der Waals surface area contributed by atoms with Gasteiger partial charge in [-0.15, -0.1) is 0 Å². The Kier molecular flexibility index (Phi) is 4.73. The maximum Gasteiger partial charge on any atom is 0.422 e. The summed E-state index contributed by atoms with van der Waals surface area (Å²) in [7, 11) is 2.63. The smallest absolute Gasteiger partial charge is 0.422 e. The molecule has 0 bridgehead atoms. The summed E-state index contributed by atoms with van der Waals surface area (Å²) in [5.41, 5.74) is 0. The molecule has 0 aliphatic carbocycles. The van der Waals surface area contributed by atoms with Crippen LogP contribution < -0.4 is 14.8 Å². The van der Waals surface area contributed by atoms with Gasteiger partial charge in [0.1, 0.15) is 0 Å². The average Bonchev–Trinajstić information content (AvgIpc) is 2.35. The molecular formula is C9H10F3N3O4. The number of carbonyl (C=O) groups excluding carboxylic acids is 1. The Balaban J connectivity index is 2.68. The number of methoxy groups -OCH3 is 2. The number of amides is 1. The van der Waals surface area contributed by atoms with Crippen LogP contribution in [0.15, 0.2) is 6.07 Å². The molecule has 106 valence electrons. The SMILES string of the molecule is COc1cc(OC)nc(NC(=O)OCC(F)(F)F)n1. The van der Waals surface area contributed by atoms with Crippen molar-refractivity contribution in [1.29, 1.82) is 0 Å². The third-order valence-electron chi connectivity index (χ3n) is 1.68. The first kappa shape index (κ1) is 14.8. The number of carbonyl (C=O) groups is 1. The summed E-state index contributed by atoms with van der Waals surface area (Å²) in [6.07, 6.45) is -5.95. The first-order valence-corrected chi connectivity index (χ1v) is 4.81. The van der Waals surface area contributed by atoms with E-state index in [-0.39, 0.29) is 17.7 Å². The van der Waals surface area contributed by atoms with Crippen molar-refractivity contribution in [2.45, 2.75) is 6.18 Å². The van der Waals surface area contributed by atoms with E-state index in [0.29, 0.717) is 0 Å². The highest BCUT2D eigenvalue weighted by Gasteiger charge is 2.29. The third-order valence-corrected chi connectivity index (χ3v) is 1.68. The number of nitrogens with zero attached hydrogens (tertiary/aromatic N) is 2. The second kappa shape index (κ2) is 6.07. The van der Waals surface area contributed by atoms with E-state index in [0.717, 1.165) is 0 Å². The zero-order valence-corrected chi connectivity index (χ0v) is 9.95. The summed E-state index contributed by atoms with van der Waals surface area (Å²) in [6.45, 7) is -1.71. The maximum atomic E-state index is 11.8. The van der Waals surface area contributed by atoms with E-state index in [1.54, 1.807) is 0 Å². The summed E-state index contributed by atoms with van der Waals surface area (Å²) < 4.78 is 48.9. The van der Waals surface area contributed by atoms with Crippen LogP contribution in [0.4, 0.5) is 23.9 Å². The highest BCUT2D eigenvalue weighted by Crippen LogP contribution is 2.18.